The number of carbonyl (C=O) groups excluding carboxylic acids is 1. The van der Waals surface area contributed by atoms with Crippen molar-refractivity contribution in [2.24, 2.45) is 63.3 Å². The van der Waals surface area contributed by atoms with Gasteiger partial charge in [-0.15, -0.1) is 0 Å². The van der Waals surface area contributed by atoms with Crippen LogP contribution in [-0.4, -0.2) is 19.1 Å². The van der Waals surface area contributed by atoms with Gasteiger partial charge in [-0.1, -0.05) is 39.7 Å². The van der Waals surface area contributed by atoms with Crippen molar-refractivity contribution in [1.29, 1.82) is 0 Å². The number of esters is 1. The largest absolute Gasteiger partial charge is 0.469 e. The van der Waals surface area contributed by atoms with Gasteiger partial charge in [0, 0.05) is 17.4 Å². The number of carbonyl (C=O) groups is 1. The molecule has 7 unspecified atom stereocenters. The fourth-order valence-corrected chi connectivity index (χ4v) is 9.75. The third kappa shape index (κ3) is 3.67. The van der Waals surface area contributed by atoms with Crippen LogP contribution in [-0.2, 0) is 9.53 Å². The average molecular weight is 444 g/mol. The summed E-state index contributed by atoms with van der Waals surface area (Å²) in [5, 5.41) is 4.13. The maximum absolute atomic E-state index is 11.8. The summed E-state index contributed by atoms with van der Waals surface area (Å²) in [6.45, 7) is 12.7. The van der Waals surface area contributed by atoms with E-state index < -0.39 is 0 Å². The van der Waals surface area contributed by atoms with Gasteiger partial charge in [0.25, 0.3) is 0 Å². The number of nitrogens with zero attached hydrogens (tertiary/aromatic N) is 3. The highest BCUT2D eigenvalue weighted by atomic mass is 16.5. The van der Waals surface area contributed by atoms with E-state index in [4.69, 9.17) is 10.3 Å². The Labute approximate surface area is 195 Å². The van der Waals surface area contributed by atoms with Gasteiger partial charge in [-0.2, -0.15) is 0 Å². The van der Waals surface area contributed by atoms with Crippen LogP contribution in [0.15, 0.2) is 5.11 Å². The van der Waals surface area contributed by atoms with Crippen molar-refractivity contribution < 1.29 is 9.53 Å². The molecule has 0 aromatic rings. The number of hydrogen-bond donors (Lipinski definition) is 0. The Morgan fingerprint density at radius 1 is 1.16 bits per heavy atom. The first-order chi connectivity index (χ1) is 15.2. The van der Waals surface area contributed by atoms with E-state index in [0.717, 1.165) is 48.9 Å². The molecule has 0 bridgehead atoms. The van der Waals surface area contributed by atoms with Gasteiger partial charge in [0.15, 0.2) is 0 Å². The van der Waals surface area contributed by atoms with E-state index in [-0.39, 0.29) is 12.0 Å². The zero-order chi connectivity index (χ0) is 23.3. The molecule has 5 nitrogen and oxygen atoms in total. The van der Waals surface area contributed by atoms with Gasteiger partial charge in [0.1, 0.15) is 0 Å². The van der Waals surface area contributed by atoms with Crippen molar-refractivity contribution >= 4 is 5.97 Å². The number of ether oxygens (including phenoxy) is 1. The lowest BCUT2D eigenvalue weighted by Gasteiger charge is -2.65. The van der Waals surface area contributed by atoms with Crippen molar-refractivity contribution in [2.75, 3.05) is 7.11 Å². The minimum Gasteiger partial charge on any atom is -0.469 e. The summed E-state index contributed by atoms with van der Waals surface area (Å²) in [6, 6.07) is 0.208. The first kappa shape index (κ1) is 23.9. The fraction of sp³-hybridized carbons (Fsp3) is 0.963. The SMILES string of the molecule is COC(=O)CCC(C)[C@H]1CCC2C3C(C)CC4CC(N=[N+]=[N-])CC[C@]4(C)C3C[C@H](C)[C@@]21C. The molecular weight excluding hydrogens is 398 g/mol. The average Bonchev–Trinajstić information content (AvgIpc) is 3.12. The number of azide groups is 1. The molecule has 0 aliphatic heterocycles. The lowest BCUT2D eigenvalue weighted by atomic mass is 9.40. The van der Waals surface area contributed by atoms with Crippen molar-refractivity contribution in [1.82, 2.24) is 0 Å². The molecule has 4 aliphatic carbocycles. The van der Waals surface area contributed by atoms with Gasteiger partial charge in [-0.3, -0.25) is 4.79 Å². The Kier molecular flexibility index (Phi) is 6.62. The molecule has 180 valence electrons. The van der Waals surface area contributed by atoms with E-state index in [1.807, 2.05) is 0 Å². The molecule has 0 aromatic carbocycles. The maximum atomic E-state index is 11.8. The smallest absolute Gasteiger partial charge is 0.305 e. The minimum absolute atomic E-state index is 0.0653. The Bertz CT molecular complexity index is 764. The monoisotopic (exact) mass is 443 g/mol. The van der Waals surface area contributed by atoms with Crippen LogP contribution in [0.5, 0.6) is 0 Å². The van der Waals surface area contributed by atoms with Gasteiger partial charge in [-0.25, -0.2) is 0 Å². The van der Waals surface area contributed by atoms with Crippen molar-refractivity contribution in [3.8, 4) is 0 Å². The van der Waals surface area contributed by atoms with Crippen LogP contribution in [0.3, 0.4) is 0 Å². The summed E-state index contributed by atoms with van der Waals surface area (Å²) in [5.74, 6) is 5.84. The van der Waals surface area contributed by atoms with E-state index in [0.29, 0.717) is 35.0 Å². The quantitative estimate of drug-likeness (QED) is 0.192. The molecule has 0 spiro atoms. The van der Waals surface area contributed by atoms with Gasteiger partial charge < -0.3 is 4.74 Å². The molecule has 4 fully saturated rings. The van der Waals surface area contributed by atoms with E-state index >= 15 is 0 Å². The van der Waals surface area contributed by atoms with E-state index in [1.165, 1.54) is 39.2 Å². The lowest BCUT2D eigenvalue weighted by molar-refractivity contribution is -0.160. The van der Waals surface area contributed by atoms with E-state index in [1.54, 1.807) is 0 Å². The Morgan fingerprint density at radius 2 is 1.91 bits per heavy atom. The van der Waals surface area contributed by atoms with Gasteiger partial charge in [-0.05, 0) is 115 Å². The predicted octanol–water partition coefficient (Wildman–Crippen LogP) is 7.41. The summed E-state index contributed by atoms with van der Waals surface area (Å²) >= 11 is 0. The fourth-order valence-electron chi connectivity index (χ4n) is 9.75. The van der Waals surface area contributed by atoms with Crippen LogP contribution in [0, 0.1) is 58.2 Å². The normalized spacial score (nSPS) is 48.6. The zero-order valence-electron chi connectivity index (χ0n) is 21.2. The van der Waals surface area contributed by atoms with Gasteiger partial charge in [0.05, 0.1) is 7.11 Å². The third-order valence-corrected chi connectivity index (χ3v) is 11.6. The summed E-state index contributed by atoms with van der Waals surface area (Å²) in [5.41, 5.74) is 9.76. The highest BCUT2D eigenvalue weighted by Crippen LogP contribution is 2.71. The van der Waals surface area contributed by atoms with Gasteiger partial charge in [0.2, 0.25) is 0 Å². The second-order valence-corrected chi connectivity index (χ2v) is 12.6. The Balaban J connectivity index is 1.57. The van der Waals surface area contributed by atoms with Crippen LogP contribution in [0.2, 0.25) is 0 Å². The molecule has 11 atom stereocenters. The molecule has 5 heteroatoms. The third-order valence-electron chi connectivity index (χ3n) is 11.6. The molecule has 4 rings (SSSR count). The zero-order valence-corrected chi connectivity index (χ0v) is 21.2. The standard InChI is InChI=1S/C27H45N3O2/c1-16(7-10-24(31)32-6)21-8-9-22-25-17(2)13-19-15-20(29-30-28)11-12-26(19,4)23(25)14-18(3)27(21,22)5/h16-23,25H,7-15H2,1-6H3/t16?,17?,18-,19?,20?,21+,22?,23?,25?,26-,27+/m0/s1. The number of methoxy groups -OCH3 is 1. The summed E-state index contributed by atoms with van der Waals surface area (Å²) in [7, 11) is 1.50. The van der Waals surface area contributed by atoms with Crippen molar-refractivity contribution in [3.63, 3.8) is 0 Å². The highest BCUT2D eigenvalue weighted by Gasteiger charge is 2.64. The van der Waals surface area contributed by atoms with Crippen molar-refractivity contribution in [2.45, 2.75) is 98.4 Å². The summed E-state index contributed by atoms with van der Waals surface area (Å²) in [6.07, 6.45) is 10.2. The van der Waals surface area contributed by atoms with Crippen LogP contribution in [0.4, 0.5) is 0 Å². The Hall–Kier alpha value is -1.22. The molecule has 0 N–H and O–H groups in total. The number of rotatable bonds is 5. The minimum atomic E-state index is -0.0653. The molecule has 4 aliphatic rings. The topological polar surface area (TPSA) is 75.1 Å². The molecule has 0 aromatic heterocycles. The maximum Gasteiger partial charge on any atom is 0.305 e. The van der Waals surface area contributed by atoms with Crippen LogP contribution in [0.1, 0.15) is 92.4 Å². The number of fused-ring (bicyclic) bond motifs is 5. The van der Waals surface area contributed by atoms with Gasteiger partial charge >= 0.3 is 5.97 Å². The first-order valence-electron chi connectivity index (χ1n) is 13.3. The summed E-state index contributed by atoms with van der Waals surface area (Å²) < 4.78 is 4.92. The van der Waals surface area contributed by atoms with Crippen LogP contribution >= 0.6 is 0 Å². The molecule has 4 saturated carbocycles. The molecule has 0 radical (unpaired) electrons. The lowest BCUT2D eigenvalue weighted by Crippen LogP contribution is -2.58. The first-order valence-corrected chi connectivity index (χ1v) is 13.3. The molecule has 0 heterocycles. The van der Waals surface area contributed by atoms with E-state index in [9.17, 15) is 4.79 Å². The predicted molar refractivity (Wildman–Crippen MR) is 128 cm³/mol. The van der Waals surface area contributed by atoms with Crippen LogP contribution < -0.4 is 0 Å². The van der Waals surface area contributed by atoms with Crippen molar-refractivity contribution in [3.05, 3.63) is 10.4 Å². The van der Waals surface area contributed by atoms with E-state index in [2.05, 4.69) is 44.6 Å². The molecule has 32 heavy (non-hydrogen) atoms. The number of hydrogen-bond acceptors (Lipinski definition) is 3. The second-order valence-electron chi connectivity index (χ2n) is 12.6. The molecular formula is C27H45N3O2. The molecule has 0 saturated heterocycles. The second kappa shape index (κ2) is 8.85. The molecule has 0 amide bonds. The summed E-state index contributed by atoms with van der Waals surface area (Å²) in [4.78, 5) is 14.9. The Morgan fingerprint density at radius 3 is 2.59 bits per heavy atom. The van der Waals surface area contributed by atoms with Crippen LogP contribution in [0.25, 0.3) is 10.4 Å². The highest BCUT2D eigenvalue weighted by molar-refractivity contribution is 5.69.